The van der Waals surface area contributed by atoms with E-state index in [0.29, 0.717) is 33.2 Å². The number of hydrogen-bond donors (Lipinski definition) is 2. The van der Waals surface area contributed by atoms with Crippen LogP contribution in [-0.2, 0) is 4.74 Å². The molecule has 178 valence electrons. The van der Waals surface area contributed by atoms with Crippen molar-refractivity contribution in [2.24, 2.45) is 5.41 Å². The van der Waals surface area contributed by atoms with Crippen molar-refractivity contribution in [2.45, 2.75) is 61.1 Å². The van der Waals surface area contributed by atoms with Gasteiger partial charge < -0.3 is 25.4 Å². The van der Waals surface area contributed by atoms with Gasteiger partial charge in [-0.2, -0.15) is 0 Å². The average molecular weight is 491 g/mol. The summed E-state index contributed by atoms with van der Waals surface area (Å²) in [5.74, 6) is 1.93. The third-order valence-corrected chi connectivity index (χ3v) is 8.75. The molecule has 0 radical (unpaired) electrons. The van der Waals surface area contributed by atoms with Gasteiger partial charge in [0.1, 0.15) is 16.7 Å². The highest BCUT2D eigenvalue weighted by atomic mass is 35.5. The molecular formula is C23H31ClN6O2S. The predicted octanol–water partition coefficient (Wildman–Crippen LogP) is 3.61. The van der Waals surface area contributed by atoms with Crippen LogP contribution in [-0.4, -0.2) is 65.1 Å². The van der Waals surface area contributed by atoms with Crippen LogP contribution >= 0.6 is 23.4 Å². The van der Waals surface area contributed by atoms with Crippen LogP contribution < -0.4 is 15.5 Å². The topological polar surface area (TPSA) is 101 Å². The number of aliphatic hydroxyl groups excluding tert-OH is 1. The SMILES string of the molecule is C[C@H]1CC2(CCN(c3cnc(Sc4ccnc(N5CCCC5CO)c4Cl)c(N)n3)CC2)CO1. The van der Waals surface area contributed by atoms with Crippen LogP contribution in [0.25, 0.3) is 0 Å². The van der Waals surface area contributed by atoms with Gasteiger partial charge in [0, 0.05) is 30.7 Å². The van der Waals surface area contributed by atoms with Gasteiger partial charge in [0.05, 0.1) is 36.6 Å². The first-order valence-corrected chi connectivity index (χ1v) is 12.9. The summed E-state index contributed by atoms with van der Waals surface area (Å²) in [7, 11) is 0. The Hall–Kier alpha value is -1.81. The molecule has 0 amide bonds. The van der Waals surface area contributed by atoms with Crippen LogP contribution in [0.1, 0.15) is 39.0 Å². The van der Waals surface area contributed by atoms with Crippen molar-refractivity contribution in [2.75, 3.05) is 48.4 Å². The first kappa shape index (κ1) is 23.0. The van der Waals surface area contributed by atoms with Gasteiger partial charge in [0.25, 0.3) is 0 Å². The van der Waals surface area contributed by atoms with Gasteiger partial charge in [0.2, 0.25) is 0 Å². The van der Waals surface area contributed by atoms with E-state index in [1.807, 2.05) is 12.3 Å². The van der Waals surface area contributed by atoms with Crippen molar-refractivity contribution in [1.29, 1.82) is 0 Å². The number of piperidine rings is 1. The maximum atomic E-state index is 9.67. The van der Waals surface area contributed by atoms with Crippen molar-refractivity contribution >= 4 is 40.8 Å². The Balaban J connectivity index is 1.28. The molecule has 2 aromatic heterocycles. The molecule has 10 heteroatoms. The second kappa shape index (κ2) is 9.44. The Kier molecular flexibility index (Phi) is 6.57. The summed E-state index contributed by atoms with van der Waals surface area (Å²) in [5.41, 5.74) is 6.64. The Morgan fingerprint density at radius 1 is 1.30 bits per heavy atom. The van der Waals surface area contributed by atoms with Crippen molar-refractivity contribution in [3.8, 4) is 0 Å². The number of nitrogens with zero attached hydrogens (tertiary/aromatic N) is 5. The van der Waals surface area contributed by atoms with Gasteiger partial charge in [-0.3, -0.25) is 0 Å². The molecule has 3 aliphatic rings. The smallest absolute Gasteiger partial charge is 0.158 e. The number of pyridine rings is 1. The monoisotopic (exact) mass is 490 g/mol. The number of nitrogen functional groups attached to an aromatic ring is 1. The second-order valence-corrected chi connectivity index (χ2v) is 10.9. The van der Waals surface area contributed by atoms with Gasteiger partial charge in [-0.1, -0.05) is 23.4 Å². The zero-order valence-electron chi connectivity index (χ0n) is 18.9. The Labute approximate surface area is 203 Å². The molecule has 3 N–H and O–H groups in total. The van der Waals surface area contributed by atoms with E-state index in [1.54, 1.807) is 6.20 Å². The number of aliphatic hydroxyl groups is 1. The van der Waals surface area contributed by atoms with Crippen LogP contribution in [0.2, 0.25) is 5.02 Å². The van der Waals surface area contributed by atoms with Crippen molar-refractivity contribution in [1.82, 2.24) is 15.0 Å². The number of aromatic nitrogens is 3. The molecular weight excluding hydrogens is 460 g/mol. The molecule has 2 aromatic rings. The fourth-order valence-electron chi connectivity index (χ4n) is 5.32. The highest BCUT2D eigenvalue weighted by molar-refractivity contribution is 7.99. The fraction of sp³-hybridized carbons (Fsp3) is 0.609. The quantitative estimate of drug-likeness (QED) is 0.650. The molecule has 5 rings (SSSR count). The van der Waals surface area contributed by atoms with Gasteiger partial charge in [-0.05, 0) is 50.5 Å². The molecule has 5 heterocycles. The van der Waals surface area contributed by atoms with Gasteiger partial charge in [-0.15, -0.1) is 0 Å². The molecule has 0 saturated carbocycles. The third kappa shape index (κ3) is 4.60. The summed E-state index contributed by atoms with van der Waals surface area (Å²) < 4.78 is 5.84. The number of anilines is 3. The van der Waals surface area contributed by atoms with E-state index in [1.165, 1.54) is 11.8 Å². The molecule has 0 bridgehead atoms. The Morgan fingerprint density at radius 3 is 2.82 bits per heavy atom. The van der Waals surface area contributed by atoms with E-state index >= 15 is 0 Å². The molecule has 33 heavy (non-hydrogen) atoms. The van der Waals surface area contributed by atoms with Crippen LogP contribution in [0.15, 0.2) is 28.4 Å². The lowest BCUT2D eigenvalue weighted by Gasteiger charge is -2.38. The molecule has 0 aliphatic carbocycles. The number of rotatable bonds is 5. The maximum Gasteiger partial charge on any atom is 0.158 e. The summed E-state index contributed by atoms with van der Waals surface area (Å²) in [6, 6.07) is 1.92. The van der Waals surface area contributed by atoms with E-state index in [0.717, 1.165) is 69.1 Å². The second-order valence-electron chi connectivity index (χ2n) is 9.45. The van der Waals surface area contributed by atoms with Crippen molar-refractivity contribution < 1.29 is 9.84 Å². The first-order chi connectivity index (χ1) is 16.0. The highest BCUT2D eigenvalue weighted by Gasteiger charge is 2.41. The third-order valence-electron chi connectivity index (χ3n) is 7.20. The maximum absolute atomic E-state index is 9.67. The Morgan fingerprint density at radius 2 is 2.12 bits per heavy atom. The number of nitrogens with two attached hydrogens (primary N) is 1. The zero-order chi connectivity index (χ0) is 23.0. The lowest BCUT2D eigenvalue weighted by molar-refractivity contribution is 0.0976. The molecule has 1 spiro atoms. The van der Waals surface area contributed by atoms with Crippen LogP contribution in [0.3, 0.4) is 0 Å². The minimum atomic E-state index is 0.0575. The molecule has 3 aliphatic heterocycles. The zero-order valence-corrected chi connectivity index (χ0v) is 20.5. The van der Waals surface area contributed by atoms with Crippen LogP contribution in [0.5, 0.6) is 0 Å². The normalized spacial score (nSPS) is 24.7. The Bertz CT molecular complexity index is 1000. The number of halogens is 1. The van der Waals surface area contributed by atoms with E-state index in [2.05, 4.69) is 31.7 Å². The predicted molar refractivity (Wildman–Crippen MR) is 131 cm³/mol. The summed E-state index contributed by atoms with van der Waals surface area (Å²) in [6.45, 7) is 5.86. The summed E-state index contributed by atoms with van der Waals surface area (Å²) in [6.07, 6.45) is 9.24. The first-order valence-electron chi connectivity index (χ1n) is 11.7. The van der Waals surface area contributed by atoms with E-state index in [9.17, 15) is 5.11 Å². The molecule has 2 atom stereocenters. The minimum Gasteiger partial charge on any atom is -0.394 e. The molecule has 0 aromatic carbocycles. The van der Waals surface area contributed by atoms with Crippen molar-refractivity contribution in [3.05, 3.63) is 23.5 Å². The lowest BCUT2D eigenvalue weighted by Crippen LogP contribution is -2.41. The van der Waals surface area contributed by atoms with Gasteiger partial charge in [-0.25, -0.2) is 15.0 Å². The number of hydrogen-bond acceptors (Lipinski definition) is 9. The summed E-state index contributed by atoms with van der Waals surface area (Å²) in [5, 5.41) is 10.9. The van der Waals surface area contributed by atoms with Gasteiger partial charge >= 0.3 is 0 Å². The summed E-state index contributed by atoms with van der Waals surface area (Å²) in [4.78, 5) is 19.0. The highest BCUT2D eigenvalue weighted by Crippen LogP contribution is 2.43. The number of ether oxygens (including phenoxy) is 1. The summed E-state index contributed by atoms with van der Waals surface area (Å²) >= 11 is 8.12. The van der Waals surface area contributed by atoms with E-state index in [-0.39, 0.29) is 12.6 Å². The van der Waals surface area contributed by atoms with E-state index in [4.69, 9.17) is 22.1 Å². The molecule has 8 nitrogen and oxygen atoms in total. The molecule has 3 fully saturated rings. The standard InChI is InChI=1S/C23H31ClN6O2S/c1-15-11-23(14-32-15)5-9-29(10-6-23)18-12-27-22(20(25)28-18)33-17-4-7-26-21(19(17)24)30-8-2-3-16(30)13-31/h4,7,12,15-16,31H,2-3,5-6,8-11,13-14H2,1H3,(H2,25,28)/t15-,16?/m0/s1. The van der Waals surface area contributed by atoms with E-state index < -0.39 is 0 Å². The molecule has 3 saturated heterocycles. The minimum absolute atomic E-state index is 0.0575. The average Bonchev–Trinajstić information content (AvgIpc) is 3.43. The lowest BCUT2D eigenvalue weighted by atomic mass is 9.77. The van der Waals surface area contributed by atoms with Gasteiger partial charge in [0.15, 0.2) is 5.82 Å². The fourth-order valence-corrected chi connectivity index (χ4v) is 6.43. The van der Waals surface area contributed by atoms with Crippen LogP contribution in [0.4, 0.5) is 17.5 Å². The van der Waals surface area contributed by atoms with Crippen LogP contribution in [0, 0.1) is 5.41 Å². The van der Waals surface area contributed by atoms with Crippen molar-refractivity contribution in [3.63, 3.8) is 0 Å². The largest absolute Gasteiger partial charge is 0.394 e. The molecule has 1 unspecified atom stereocenters.